The summed E-state index contributed by atoms with van der Waals surface area (Å²) in [4.78, 5) is 42.3. The lowest BCUT2D eigenvalue weighted by Crippen LogP contribution is -2.33. The molecule has 1 aliphatic heterocycles. The maximum Gasteiger partial charge on any atom is 0.305 e. The predicted molar refractivity (Wildman–Crippen MR) is 94.3 cm³/mol. The zero-order chi connectivity index (χ0) is 20.5. The van der Waals surface area contributed by atoms with Crippen molar-refractivity contribution in [2.75, 3.05) is 11.9 Å². The zero-order valence-electron chi connectivity index (χ0n) is 15.3. The second-order valence-electron chi connectivity index (χ2n) is 6.67. The highest BCUT2D eigenvalue weighted by Gasteiger charge is 2.36. The van der Waals surface area contributed by atoms with Crippen molar-refractivity contribution in [3.05, 3.63) is 35.7 Å². The first-order valence-electron chi connectivity index (χ1n) is 8.99. The standard InChI is InChI=1S/C18H17F2N5O4/c1-9-11-4-5-14(28-8-13(19)20)23-16(11)29-25(9)17(27)12-6-7-21-18(22-12)24-15(26)10-2-3-10/h4-7,9-10,13H,2-3,8H2,1H3,(H,21,22,24,26). The fourth-order valence-corrected chi connectivity index (χ4v) is 2.78. The van der Waals surface area contributed by atoms with Crippen molar-refractivity contribution < 1.29 is 27.9 Å². The van der Waals surface area contributed by atoms with Gasteiger partial charge in [0, 0.05) is 23.7 Å². The van der Waals surface area contributed by atoms with Gasteiger partial charge >= 0.3 is 5.91 Å². The van der Waals surface area contributed by atoms with E-state index < -0.39 is 25.0 Å². The van der Waals surface area contributed by atoms with Crippen molar-refractivity contribution in [3.63, 3.8) is 0 Å². The monoisotopic (exact) mass is 405 g/mol. The van der Waals surface area contributed by atoms with Crippen LogP contribution in [0.3, 0.4) is 0 Å². The molecular weight excluding hydrogens is 388 g/mol. The first kappa shape index (κ1) is 19.0. The Balaban J connectivity index is 1.48. The Morgan fingerprint density at radius 2 is 2.10 bits per heavy atom. The number of hydrogen-bond acceptors (Lipinski definition) is 7. The van der Waals surface area contributed by atoms with Crippen molar-refractivity contribution >= 4 is 17.8 Å². The third-order valence-electron chi connectivity index (χ3n) is 4.47. The summed E-state index contributed by atoms with van der Waals surface area (Å²) in [6.45, 7) is 0.933. The minimum atomic E-state index is -2.63. The van der Waals surface area contributed by atoms with E-state index in [0.717, 1.165) is 17.9 Å². The van der Waals surface area contributed by atoms with Crippen LogP contribution >= 0.6 is 0 Å². The van der Waals surface area contributed by atoms with Gasteiger partial charge in [0.05, 0.1) is 6.04 Å². The average molecular weight is 405 g/mol. The van der Waals surface area contributed by atoms with Gasteiger partial charge in [0.1, 0.15) is 5.69 Å². The molecule has 0 aromatic carbocycles. The van der Waals surface area contributed by atoms with E-state index >= 15 is 0 Å². The number of carbonyl (C=O) groups is 2. The highest BCUT2D eigenvalue weighted by molar-refractivity contribution is 5.95. The molecule has 152 valence electrons. The van der Waals surface area contributed by atoms with Crippen LogP contribution in [-0.4, -0.2) is 44.9 Å². The molecule has 1 saturated carbocycles. The van der Waals surface area contributed by atoms with Crippen molar-refractivity contribution in [1.82, 2.24) is 20.0 Å². The maximum atomic E-state index is 12.8. The number of alkyl halides is 2. The van der Waals surface area contributed by atoms with Gasteiger partial charge in [-0.3, -0.25) is 14.9 Å². The smallest absolute Gasteiger partial charge is 0.305 e. The number of amides is 2. The summed E-state index contributed by atoms with van der Waals surface area (Å²) in [6.07, 6.45) is 0.399. The highest BCUT2D eigenvalue weighted by Crippen LogP contribution is 2.37. The minimum Gasteiger partial charge on any atom is -0.472 e. The molecule has 2 amide bonds. The summed E-state index contributed by atoms with van der Waals surface area (Å²) in [5, 5.41) is 3.66. The third kappa shape index (κ3) is 4.08. The molecule has 4 rings (SSSR count). The molecule has 1 fully saturated rings. The number of nitrogens with zero attached hydrogens (tertiary/aromatic N) is 4. The Morgan fingerprint density at radius 3 is 2.83 bits per heavy atom. The van der Waals surface area contributed by atoms with Crippen LogP contribution in [0.2, 0.25) is 0 Å². The first-order valence-corrected chi connectivity index (χ1v) is 8.99. The van der Waals surface area contributed by atoms with E-state index in [0.29, 0.717) is 5.56 Å². The number of hydrogen-bond donors (Lipinski definition) is 1. The van der Waals surface area contributed by atoms with Gasteiger partial charge in [-0.25, -0.2) is 18.7 Å². The molecule has 29 heavy (non-hydrogen) atoms. The molecule has 9 nitrogen and oxygen atoms in total. The lowest BCUT2D eigenvalue weighted by molar-refractivity contribution is -0.117. The second-order valence-corrected chi connectivity index (χ2v) is 6.67. The second kappa shape index (κ2) is 7.57. The number of carbonyl (C=O) groups excluding carboxylic acids is 2. The van der Waals surface area contributed by atoms with E-state index in [4.69, 9.17) is 9.57 Å². The fraction of sp³-hybridized carbons (Fsp3) is 0.389. The van der Waals surface area contributed by atoms with E-state index in [2.05, 4.69) is 20.3 Å². The SMILES string of the molecule is CC1c2ccc(OCC(F)F)nc2ON1C(=O)c1ccnc(NC(=O)C2CC2)n1. The fourth-order valence-electron chi connectivity index (χ4n) is 2.78. The number of anilines is 1. The lowest BCUT2D eigenvalue weighted by atomic mass is 10.1. The number of ether oxygens (including phenoxy) is 1. The van der Waals surface area contributed by atoms with E-state index in [-0.39, 0.29) is 35.2 Å². The number of aromatic nitrogens is 3. The molecular formula is C18H17F2N5O4. The predicted octanol–water partition coefficient (Wildman–Crippen LogP) is 2.37. The van der Waals surface area contributed by atoms with Gasteiger partial charge in [0.15, 0.2) is 6.61 Å². The Kier molecular flexibility index (Phi) is 4.95. The van der Waals surface area contributed by atoms with Crippen LogP contribution in [0.1, 0.15) is 41.9 Å². The maximum absolute atomic E-state index is 12.8. The van der Waals surface area contributed by atoms with Gasteiger partial charge < -0.3 is 9.57 Å². The van der Waals surface area contributed by atoms with E-state index in [1.807, 2.05) is 0 Å². The first-order chi connectivity index (χ1) is 13.9. The zero-order valence-corrected chi connectivity index (χ0v) is 15.3. The number of fused-ring (bicyclic) bond motifs is 1. The molecule has 11 heteroatoms. The van der Waals surface area contributed by atoms with Crippen LogP contribution in [-0.2, 0) is 4.79 Å². The third-order valence-corrected chi connectivity index (χ3v) is 4.47. The van der Waals surface area contributed by atoms with Crippen molar-refractivity contribution in [2.24, 2.45) is 5.92 Å². The Labute approximate surface area is 164 Å². The number of halogens is 2. The molecule has 2 aromatic heterocycles. The van der Waals surface area contributed by atoms with Crippen LogP contribution in [0.5, 0.6) is 11.8 Å². The van der Waals surface area contributed by atoms with Gasteiger partial charge in [-0.2, -0.15) is 10.0 Å². The molecule has 1 N–H and O–H groups in total. The van der Waals surface area contributed by atoms with Gasteiger partial charge in [0.2, 0.25) is 17.7 Å². The quantitative estimate of drug-likeness (QED) is 0.786. The van der Waals surface area contributed by atoms with Gasteiger partial charge in [-0.05, 0) is 31.9 Å². The number of hydroxylamine groups is 2. The van der Waals surface area contributed by atoms with Gasteiger partial charge in [0.25, 0.3) is 12.3 Å². The van der Waals surface area contributed by atoms with Crippen molar-refractivity contribution in [2.45, 2.75) is 32.2 Å². The molecule has 1 atom stereocenters. The van der Waals surface area contributed by atoms with Crippen LogP contribution in [0, 0.1) is 5.92 Å². The van der Waals surface area contributed by atoms with Crippen LogP contribution < -0.4 is 14.9 Å². The molecule has 0 spiro atoms. The summed E-state index contributed by atoms with van der Waals surface area (Å²) in [6, 6.07) is 3.94. The highest BCUT2D eigenvalue weighted by atomic mass is 19.3. The minimum absolute atomic E-state index is 0.0260. The molecule has 0 saturated heterocycles. The van der Waals surface area contributed by atoms with Crippen LogP contribution in [0.15, 0.2) is 24.4 Å². The summed E-state index contributed by atoms with van der Waals surface area (Å²) >= 11 is 0. The summed E-state index contributed by atoms with van der Waals surface area (Å²) in [5.74, 6) is -0.658. The number of nitrogens with one attached hydrogen (secondary N) is 1. The van der Waals surface area contributed by atoms with E-state index in [1.165, 1.54) is 18.3 Å². The van der Waals surface area contributed by atoms with Gasteiger partial charge in [-0.1, -0.05) is 0 Å². The topological polar surface area (TPSA) is 107 Å². The van der Waals surface area contributed by atoms with Crippen molar-refractivity contribution in [3.8, 4) is 11.8 Å². The summed E-state index contributed by atoms with van der Waals surface area (Å²) in [5.41, 5.74) is 0.624. The molecule has 2 aliphatic rings. The van der Waals surface area contributed by atoms with E-state index in [9.17, 15) is 18.4 Å². The van der Waals surface area contributed by atoms with Crippen LogP contribution in [0.4, 0.5) is 14.7 Å². The van der Waals surface area contributed by atoms with Crippen molar-refractivity contribution in [1.29, 1.82) is 0 Å². The Morgan fingerprint density at radius 1 is 1.31 bits per heavy atom. The normalized spacial score (nSPS) is 17.7. The summed E-state index contributed by atoms with van der Waals surface area (Å²) < 4.78 is 29.5. The van der Waals surface area contributed by atoms with Crippen LogP contribution in [0.25, 0.3) is 0 Å². The molecule has 0 bridgehead atoms. The number of pyridine rings is 1. The largest absolute Gasteiger partial charge is 0.472 e. The average Bonchev–Trinajstić information content (AvgIpc) is 3.50. The number of rotatable bonds is 6. The molecule has 3 heterocycles. The Bertz CT molecular complexity index is 954. The molecule has 2 aromatic rings. The lowest BCUT2D eigenvalue weighted by Gasteiger charge is -2.18. The Hall–Kier alpha value is -3.37. The van der Waals surface area contributed by atoms with Gasteiger partial charge in [-0.15, -0.1) is 0 Å². The molecule has 0 radical (unpaired) electrons. The van der Waals surface area contributed by atoms with E-state index in [1.54, 1.807) is 13.0 Å². The molecule has 1 unspecified atom stereocenters. The molecule has 1 aliphatic carbocycles. The summed E-state index contributed by atoms with van der Waals surface area (Å²) in [7, 11) is 0.